The van der Waals surface area contributed by atoms with Gasteiger partial charge >= 0.3 is 0 Å². The minimum atomic E-state index is -3.73. The summed E-state index contributed by atoms with van der Waals surface area (Å²) in [6.07, 6.45) is 4.25. The minimum absolute atomic E-state index is 0.115. The molecule has 1 N–H and O–H groups in total. The number of amides is 1. The fraction of sp³-hybridized carbons (Fsp3) is 0.143. The van der Waals surface area contributed by atoms with Crippen molar-refractivity contribution in [2.75, 3.05) is 16.7 Å². The van der Waals surface area contributed by atoms with Gasteiger partial charge in [-0.05, 0) is 48.4 Å². The van der Waals surface area contributed by atoms with E-state index in [0.29, 0.717) is 17.8 Å². The first-order valence-corrected chi connectivity index (χ1v) is 10.2. The van der Waals surface area contributed by atoms with E-state index in [0.717, 1.165) is 5.56 Å². The third-order valence-corrected chi connectivity index (χ3v) is 6.04. The molecule has 1 amide bonds. The number of nitrogens with zero attached hydrogens (tertiary/aromatic N) is 2. The molecule has 2 aromatic carbocycles. The van der Waals surface area contributed by atoms with E-state index in [2.05, 4.69) is 10.3 Å². The number of rotatable bonds is 7. The maximum Gasteiger partial charge on any atom is 0.264 e. The summed E-state index contributed by atoms with van der Waals surface area (Å²) in [6, 6.07) is 18.8. The zero-order chi connectivity index (χ0) is 20.0. The molecule has 0 bridgehead atoms. The van der Waals surface area contributed by atoms with Crippen LogP contribution >= 0.6 is 0 Å². The van der Waals surface area contributed by atoms with Crippen LogP contribution in [0.25, 0.3) is 0 Å². The number of hydrogen-bond donors (Lipinski definition) is 1. The summed E-state index contributed by atoms with van der Waals surface area (Å²) in [6.45, 7) is 0. The van der Waals surface area contributed by atoms with Crippen molar-refractivity contribution in [1.29, 1.82) is 0 Å². The Morgan fingerprint density at radius 1 is 1.04 bits per heavy atom. The molecular formula is C21H21N3O3S. The number of nitrogens with one attached hydrogen (secondary N) is 1. The highest BCUT2D eigenvalue weighted by Gasteiger charge is 2.21. The fourth-order valence-electron chi connectivity index (χ4n) is 2.70. The van der Waals surface area contributed by atoms with E-state index in [4.69, 9.17) is 0 Å². The molecule has 28 heavy (non-hydrogen) atoms. The summed E-state index contributed by atoms with van der Waals surface area (Å²) in [5, 5.41) is 2.76. The maximum atomic E-state index is 12.9. The van der Waals surface area contributed by atoms with Gasteiger partial charge in [0.2, 0.25) is 5.91 Å². The Hall–Kier alpha value is -3.19. The van der Waals surface area contributed by atoms with E-state index < -0.39 is 10.0 Å². The predicted molar refractivity (Wildman–Crippen MR) is 110 cm³/mol. The molecule has 7 heteroatoms. The molecule has 0 aliphatic rings. The number of pyridine rings is 1. The molecule has 0 saturated heterocycles. The minimum Gasteiger partial charge on any atom is -0.326 e. The zero-order valence-corrected chi connectivity index (χ0v) is 16.3. The molecule has 0 atom stereocenters. The van der Waals surface area contributed by atoms with E-state index in [1.165, 1.54) is 23.5 Å². The van der Waals surface area contributed by atoms with Crippen LogP contribution < -0.4 is 9.62 Å². The highest BCUT2D eigenvalue weighted by molar-refractivity contribution is 7.92. The van der Waals surface area contributed by atoms with Gasteiger partial charge in [-0.15, -0.1) is 0 Å². The summed E-state index contributed by atoms with van der Waals surface area (Å²) >= 11 is 0. The second kappa shape index (κ2) is 8.67. The van der Waals surface area contributed by atoms with Crippen LogP contribution in [0.3, 0.4) is 0 Å². The zero-order valence-electron chi connectivity index (χ0n) is 15.4. The molecule has 6 nitrogen and oxygen atoms in total. The molecule has 0 aliphatic carbocycles. The van der Waals surface area contributed by atoms with Gasteiger partial charge in [0.05, 0.1) is 10.6 Å². The summed E-state index contributed by atoms with van der Waals surface area (Å²) in [5.41, 5.74) is 1.98. The van der Waals surface area contributed by atoms with Crippen molar-refractivity contribution in [3.05, 3.63) is 84.7 Å². The number of para-hydroxylation sites is 1. The molecule has 0 spiro atoms. The van der Waals surface area contributed by atoms with Crippen LogP contribution in [-0.4, -0.2) is 26.4 Å². The monoisotopic (exact) mass is 395 g/mol. The van der Waals surface area contributed by atoms with Crippen LogP contribution in [-0.2, 0) is 21.2 Å². The first kappa shape index (κ1) is 19.6. The summed E-state index contributed by atoms with van der Waals surface area (Å²) < 4.78 is 27.0. The van der Waals surface area contributed by atoms with Gasteiger partial charge in [0.25, 0.3) is 10.0 Å². The lowest BCUT2D eigenvalue weighted by molar-refractivity contribution is -0.116. The largest absolute Gasteiger partial charge is 0.326 e. The Bertz CT molecular complexity index is 1040. The Morgan fingerprint density at radius 3 is 2.54 bits per heavy atom. The van der Waals surface area contributed by atoms with E-state index >= 15 is 0 Å². The van der Waals surface area contributed by atoms with Crippen molar-refractivity contribution in [2.24, 2.45) is 0 Å². The molecule has 0 fully saturated rings. The van der Waals surface area contributed by atoms with Gasteiger partial charge in [0.15, 0.2) is 0 Å². The highest BCUT2D eigenvalue weighted by Crippen LogP contribution is 2.23. The molecule has 1 aromatic heterocycles. The average Bonchev–Trinajstić information content (AvgIpc) is 2.73. The van der Waals surface area contributed by atoms with Crippen LogP contribution in [0.2, 0.25) is 0 Å². The fourth-order valence-corrected chi connectivity index (χ4v) is 3.94. The van der Waals surface area contributed by atoms with Crippen molar-refractivity contribution in [3.8, 4) is 0 Å². The van der Waals surface area contributed by atoms with E-state index in [9.17, 15) is 13.2 Å². The molecule has 3 aromatic rings. The number of aryl methyl sites for hydroxylation is 1. The number of carbonyl (C=O) groups excluding carboxylic acids is 1. The number of aromatic nitrogens is 1. The van der Waals surface area contributed by atoms with Gasteiger partial charge in [-0.1, -0.05) is 30.3 Å². The first-order chi connectivity index (χ1) is 13.5. The van der Waals surface area contributed by atoms with E-state index in [1.54, 1.807) is 48.8 Å². The molecule has 3 rings (SSSR count). The molecular weight excluding hydrogens is 374 g/mol. The van der Waals surface area contributed by atoms with Crippen LogP contribution in [0.4, 0.5) is 11.4 Å². The van der Waals surface area contributed by atoms with Gasteiger partial charge in [-0.25, -0.2) is 8.42 Å². The van der Waals surface area contributed by atoms with Crippen molar-refractivity contribution in [2.45, 2.75) is 17.7 Å². The van der Waals surface area contributed by atoms with Crippen LogP contribution in [0.5, 0.6) is 0 Å². The van der Waals surface area contributed by atoms with Gasteiger partial charge < -0.3 is 5.32 Å². The van der Waals surface area contributed by atoms with Gasteiger partial charge in [0.1, 0.15) is 0 Å². The maximum absolute atomic E-state index is 12.9. The third kappa shape index (κ3) is 4.75. The van der Waals surface area contributed by atoms with Crippen molar-refractivity contribution < 1.29 is 13.2 Å². The summed E-state index contributed by atoms with van der Waals surface area (Å²) in [7, 11) is -2.23. The Morgan fingerprint density at radius 2 is 1.82 bits per heavy atom. The lowest BCUT2D eigenvalue weighted by atomic mass is 10.1. The second-order valence-electron chi connectivity index (χ2n) is 6.25. The highest BCUT2D eigenvalue weighted by atomic mass is 32.2. The number of anilines is 2. The van der Waals surface area contributed by atoms with Gasteiger partial charge in [0, 0.05) is 31.5 Å². The van der Waals surface area contributed by atoms with Crippen molar-refractivity contribution in [3.63, 3.8) is 0 Å². The first-order valence-electron chi connectivity index (χ1n) is 8.79. The topological polar surface area (TPSA) is 79.4 Å². The summed E-state index contributed by atoms with van der Waals surface area (Å²) in [5.74, 6) is -0.185. The predicted octanol–water partition coefficient (Wildman–Crippen LogP) is 3.48. The standard InChI is InChI=1S/C21H21N3O3S/c1-24(19-9-3-2-4-10-19)28(26,27)20-11-5-8-18(15-20)23-21(25)13-12-17-7-6-14-22-16-17/h2-11,14-16H,12-13H2,1H3,(H,23,25). The van der Waals surface area contributed by atoms with Crippen LogP contribution in [0.1, 0.15) is 12.0 Å². The Balaban J connectivity index is 1.70. The summed E-state index contributed by atoms with van der Waals surface area (Å²) in [4.78, 5) is 16.3. The lowest BCUT2D eigenvalue weighted by Gasteiger charge is -2.19. The second-order valence-corrected chi connectivity index (χ2v) is 8.21. The smallest absolute Gasteiger partial charge is 0.264 e. The molecule has 144 valence electrons. The number of sulfonamides is 1. The molecule has 1 heterocycles. The number of hydrogen-bond acceptors (Lipinski definition) is 4. The van der Waals surface area contributed by atoms with Gasteiger partial charge in [-0.3, -0.25) is 14.1 Å². The van der Waals surface area contributed by atoms with Crippen LogP contribution in [0, 0.1) is 0 Å². The normalized spacial score (nSPS) is 11.0. The molecule has 0 saturated carbocycles. The van der Waals surface area contributed by atoms with Crippen molar-refractivity contribution in [1.82, 2.24) is 4.98 Å². The molecule has 0 aliphatic heterocycles. The van der Waals surface area contributed by atoms with E-state index in [1.807, 2.05) is 18.2 Å². The molecule has 0 radical (unpaired) electrons. The van der Waals surface area contributed by atoms with Gasteiger partial charge in [-0.2, -0.15) is 0 Å². The third-order valence-electron chi connectivity index (χ3n) is 4.26. The SMILES string of the molecule is CN(c1ccccc1)S(=O)(=O)c1cccc(NC(=O)CCc2cccnc2)c1. The quantitative estimate of drug-likeness (QED) is 0.664. The Kier molecular flexibility index (Phi) is 6.06. The average molecular weight is 395 g/mol. The number of carbonyl (C=O) groups is 1. The van der Waals surface area contributed by atoms with Crippen LogP contribution in [0.15, 0.2) is 84.0 Å². The lowest BCUT2D eigenvalue weighted by Crippen LogP contribution is -2.26. The molecule has 0 unspecified atom stereocenters. The van der Waals surface area contributed by atoms with Crippen molar-refractivity contribution >= 4 is 27.3 Å². The van der Waals surface area contributed by atoms with E-state index in [-0.39, 0.29) is 17.2 Å². The number of benzene rings is 2. The Labute approximate surface area is 164 Å².